The van der Waals surface area contributed by atoms with Crippen LogP contribution in [0.25, 0.3) is 10.9 Å². The fourth-order valence-corrected chi connectivity index (χ4v) is 2.10. The number of aromatic nitrogens is 1. The van der Waals surface area contributed by atoms with Crippen molar-refractivity contribution in [3.05, 3.63) is 42.1 Å². The molecule has 0 aliphatic rings. The molecule has 0 fully saturated rings. The minimum absolute atomic E-state index is 0.121. The Labute approximate surface area is 120 Å². The number of aliphatic hydroxyl groups excluding tert-OH is 1. The van der Waals surface area contributed by atoms with Crippen LogP contribution < -0.4 is 0 Å². The largest absolute Gasteiger partial charge is 0.411 e. The zero-order valence-corrected chi connectivity index (χ0v) is 11.3. The van der Waals surface area contributed by atoms with E-state index < -0.39 is 18.9 Å². The van der Waals surface area contributed by atoms with E-state index in [1.165, 1.54) is 0 Å². The molecule has 0 bridgehead atoms. The first-order chi connectivity index (χ1) is 9.96. The quantitative estimate of drug-likeness (QED) is 0.833. The zero-order chi connectivity index (χ0) is 15.3. The molecule has 3 nitrogen and oxygen atoms in total. The number of para-hydroxylation sites is 1. The van der Waals surface area contributed by atoms with Gasteiger partial charge in [0.1, 0.15) is 6.61 Å². The van der Waals surface area contributed by atoms with Gasteiger partial charge in [-0.15, -0.1) is 0 Å². The van der Waals surface area contributed by atoms with Crippen molar-refractivity contribution < 1.29 is 23.0 Å². The van der Waals surface area contributed by atoms with Crippen LogP contribution in [-0.4, -0.2) is 35.6 Å². The number of hydrogen-bond acceptors (Lipinski definition) is 3. The molecule has 6 heteroatoms. The Kier molecular flexibility index (Phi) is 5.14. The first-order valence-corrected chi connectivity index (χ1v) is 6.61. The number of alkyl halides is 3. The molecule has 114 valence electrons. The minimum atomic E-state index is -4.33. The van der Waals surface area contributed by atoms with E-state index in [1.807, 2.05) is 30.3 Å². The Balaban J connectivity index is 1.88. The molecule has 1 aromatic heterocycles. The van der Waals surface area contributed by atoms with Gasteiger partial charge in [0, 0.05) is 18.2 Å². The first kappa shape index (κ1) is 15.7. The smallest absolute Gasteiger partial charge is 0.393 e. The van der Waals surface area contributed by atoms with Gasteiger partial charge in [0.25, 0.3) is 0 Å². The Morgan fingerprint density at radius 3 is 2.71 bits per heavy atom. The molecule has 1 unspecified atom stereocenters. The fourth-order valence-electron chi connectivity index (χ4n) is 2.10. The van der Waals surface area contributed by atoms with Crippen LogP contribution in [0.3, 0.4) is 0 Å². The molecule has 0 saturated heterocycles. The van der Waals surface area contributed by atoms with Crippen LogP contribution in [0.2, 0.25) is 0 Å². The lowest BCUT2D eigenvalue weighted by atomic mass is 10.0. The second-order valence-electron chi connectivity index (χ2n) is 4.80. The van der Waals surface area contributed by atoms with Crippen molar-refractivity contribution in [2.75, 3.05) is 13.2 Å². The molecule has 0 saturated carbocycles. The summed E-state index contributed by atoms with van der Waals surface area (Å²) in [6.45, 7) is -1.40. The van der Waals surface area contributed by atoms with Gasteiger partial charge in [-0.2, -0.15) is 13.2 Å². The minimum Gasteiger partial charge on any atom is -0.393 e. The predicted molar refractivity (Wildman–Crippen MR) is 72.9 cm³/mol. The van der Waals surface area contributed by atoms with Gasteiger partial charge in [-0.05, 0) is 30.5 Å². The Morgan fingerprint density at radius 2 is 1.95 bits per heavy atom. The summed E-state index contributed by atoms with van der Waals surface area (Å²) in [7, 11) is 0. The number of ether oxygens (including phenoxy) is 1. The standard InChI is InChI=1S/C15H16F3NO2/c16-15(17,18)10-21-8-6-12(20)9-11-5-7-19-14-4-2-1-3-13(11)14/h1-5,7,12,20H,6,8-10H2. The molecular weight excluding hydrogens is 283 g/mol. The molecule has 0 spiro atoms. The number of pyridine rings is 1. The molecule has 0 amide bonds. The van der Waals surface area contributed by atoms with Crippen molar-refractivity contribution in [1.29, 1.82) is 0 Å². The van der Waals surface area contributed by atoms with E-state index >= 15 is 0 Å². The van der Waals surface area contributed by atoms with E-state index in [0.29, 0.717) is 6.42 Å². The summed E-state index contributed by atoms with van der Waals surface area (Å²) < 4.78 is 40.2. The highest BCUT2D eigenvalue weighted by Gasteiger charge is 2.27. The highest BCUT2D eigenvalue weighted by Crippen LogP contribution is 2.19. The molecule has 2 rings (SSSR count). The van der Waals surface area contributed by atoms with Crippen molar-refractivity contribution in [1.82, 2.24) is 4.98 Å². The first-order valence-electron chi connectivity index (χ1n) is 6.61. The van der Waals surface area contributed by atoms with Crippen LogP contribution in [0.1, 0.15) is 12.0 Å². The number of benzene rings is 1. The fraction of sp³-hybridized carbons (Fsp3) is 0.400. The van der Waals surface area contributed by atoms with E-state index in [4.69, 9.17) is 0 Å². The van der Waals surface area contributed by atoms with Gasteiger partial charge < -0.3 is 9.84 Å². The van der Waals surface area contributed by atoms with Gasteiger partial charge in [-0.25, -0.2) is 0 Å². The average Bonchev–Trinajstić information content (AvgIpc) is 2.43. The van der Waals surface area contributed by atoms with Crippen LogP contribution in [-0.2, 0) is 11.2 Å². The molecule has 1 N–H and O–H groups in total. The van der Waals surface area contributed by atoms with E-state index in [9.17, 15) is 18.3 Å². The molecular formula is C15H16F3NO2. The molecule has 1 atom stereocenters. The van der Waals surface area contributed by atoms with Crippen molar-refractivity contribution >= 4 is 10.9 Å². The van der Waals surface area contributed by atoms with Crippen molar-refractivity contribution in [3.8, 4) is 0 Å². The summed E-state index contributed by atoms with van der Waals surface area (Å²) in [6, 6.07) is 9.34. The van der Waals surface area contributed by atoms with Crippen molar-refractivity contribution in [2.45, 2.75) is 25.1 Å². The lowest BCUT2D eigenvalue weighted by Gasteiger charge is -2.13. The summed E-state index contributed by atoms with van der Waals surface area (Å²) in [6.07, 6.45) is -2.90. The summed E-state index contributed by atoms with van der Waals surface area (Å²) in [5.41, 5.74) is 1.75. The van der Waals surface area contributed by atoms with E-state index in [-0.39, 0.29) is 13.0 Å². The van der Waals surface area contributed by atoms with Crippen molar-refractivity contribution in [3.63, 3.8) is 0 Å². The monoisotopic (exact) mass is 299 g/mol. The van der Waals surface area contributed by atoms with Crippen LogP contribution in [0.4, 0.5) is 13.2 Å². The molecule has 1 aromatic carbocycles. The van der Waals surface area contributed by atoms with Crippen LogP contribution >= 0.6 is 0 Å². The lowest BCUT2D eigenvalue weighted by Crippen LogP contribution is -2.20. The van der Waals surface area contributed by atoms with Crippen LogP contribution in [0.15, 0.2) is 36.5 Å². The number of rotatable bonds is 6. The molecule has 1 heterocycles. The highest BCUT2D eigenvalue weighted by molar-refractivity contribution is 5.81. The maximum Gasteiger partial charge on any atom is 0.411 e. The maximum atomic E-state index is 11.9. The number of fused-ring (bicyclic) bond motifs is 1. The highest BCUT2D eigenvalue weighted by atomic mass is 19.4. The Bertz CT molecular complexity index is 581. The number of halogens is 3. The third kappa shape index (κ3) is 4.99. The number of aliphatic hydroxyl groups is 1. The van der Waals surface area contributed by atoms with Crippen LogP contribution in [0, 0.1) is 0 Å². The SMILES string of the molecule is OC(CCOCC(F)(F)F)Cc1ccnc2ccccc12. The lowest BCUT2D eigenvalue weighted by molar-refractivity contribution is -0.175. The topological polar surface area (TPSA) is 42.4 Å². The predicted octanol–water partition coefficient (Wildman–Crippen LogP) is 3.11. The van der Waals surface area contributed by atoms with E-state index in [1.54, 1.807) is 6.20 Å². The second kappa shape index (κ2) is 6.87. The second-order valence-corrected chi connectivity index (χ2v) is 4.80. The normalized spacial score (nSPS) is 13.5. The van der Waals surface area contributed by atoms with Gasteiger partial charge in [0.15, 0.2) is 0 Å². The third-order valence-electron chi connectivity index (χ3n) is 3.06. The average molecular weight is 299 g/mol. The van der Waals surface area contributed by atoms with E-state index in [0.717, 1.165) is 16.5 Å². The summed E-state index contributed by atoms with van der Waals surface area (Å²) in [5, 5.41) is 10.8. The molecule has 0 aliphatic carbocycles. The molecule has 2 aromatic rings. The van der Waals surface area contributed by atoms with Crippen LogP contribution in [0.5, 0.6) is 0 Å². The van der Waals surface area contributed by atoms with Gasteiger partial charge in [-0.1, -0.05) is 18.2 Å². The van der Waals surface area contributed by atoms with Crippen molar-refractivity contribution in [2.24, 2.45) is 0 Å². The third-order valence-corrected chi connectivity index (χ3v) is 3.06. The van der Waals surface area contributed by atoms with Gasteiger partial charge >= 0.3 is 6.18 Å². The number of hydrogen-bond donors (Lipinski definition) is 1. The van der Waals surface area contributed by atoms with Gasteiger partial charge in [0.2, 0.25) is 0 Å². The van der Waals surface area contributed by atoms with E-state index in [2.05, 4.69) is 9.72 Å². The number of nitrogens with zero attached hydrogens (tertiary/aromatic N) is 1. The zero-order valence-electron chi connectivity index (χ0n) is 11.3. The summed E-state index contributed by atoms with van der Waals surface area (Å²) >= 11 is 0. The van der Waals surface area contributed by atoms with Gasteiger partial charge in [0.05, 0.1) is 11.6 Å². The molecule has 21 heavy (non-hydrogen) atoms. The molecule has 0 radical (unpaired) electrons. The summed E-state index contributed by atoms with van der Waals surface area (Å²) in [5.74, 6) is 0. The Hall–Kier alpha value is -1.66. The maximum absolute atomic E-state index is 11.9. The van der Waals surface area contributed by atoms with Gasteiger partial charge in [-0.3, -0.25) is 4.98 Å². The summed E-state index contributed by atoms with van der Waals surface area (Å²) in [4.78, 5) is 4.22. The molecule has 0 aliphatic heterocycles. The Morgan fingerprint density at radius 1 is 1.19 bits per heavy atom.